The molecule has 2 amide bonds. The molecule has 3 atom stereocenters. The normalized spacial score (nSPS) is 19.5. The van der Waals surface area contributed by atoms with Gasteiger partial charge in [0.25, 0.3) is 31.6 Å². The number of alkyl halides is 3. The van der Waals surface area contributed by atoms with Gasteiger partial charge in [-0.1, -0.05) is 61.4 Å². The number of likely N-dealkylation sites (tertiary alicyclic amines) is 2. The molecular formula is C56H65ClF3N7O8S3. The average Bonchev–Trinajstić information content (AvgIpc) is 4.24. The number of amides is 2. The van der Waals surface area contributed by atoms with Gasteiger partial charge in [-0.3, -0.25) is 19.4 Å². The molecule has 0 unspecified atom stereocenters. The SMILES string of the molecule is CC1(C)CCC(c2ccc(Cl)cc2)=C(CN2CCN(c3ccc(C(=O)NS(=O)(=O)c4ccc(N[C@H](CCN5C[C@H]6C[C@@H]5CN6C(=O)CCCCOc5ccon5)CSc5ccccc5)c(S(=O)(=O)C(F)(F)F)c4)cc3)CC2)C1. The predicted octanol–water partition coefficient (Wildman–Crippen LogP) is 10.0. The molecule has 3 saturated heterocycles. The highest BCUT2D eigenvalue weighted by atomic mass is 35.5. The van der Waals surface area contributed by atoms with Crippen LogP contribution >= 0.6 is 23.4 Å². The Hall–Kier alpha value is -5.58. The van der Waals surface area contributed by atoms with Crippen LogP contribution in [-0.4, -0.2) is 137 Å². The van der Waals surface area contributed by atoms with E-state index in [0.717, 1.165) is 81.1 Å². The Morgan fingerprint density at radius 3 is 2.33 bits per heavy atom. The van der Waals surface area contributed by atoms with Crippen molar-refractivity contribution in [1.82, 2.24) is 24.6 Å². The quantitative estimate of drug-likeness (QED) is 0.0495. The number of aromatic nitrogens is 1. The predicted molar refractivity (Wildman–Crippen MR) is 296 cm³/mol. The van der Waals surface area contributed by atoms with Gasteiger partial charge in [0.05, 0.1) is 17.2 Å². The van der Waals surface area contributed by atoms with E-state index in [9.17, 15) is 39.6 Å². The summed E-state index contributed by atoms with van der Waals surface area (Å²) in [6, 6.07) is 27.3. The molecule has 3 aliphatic heterocycles. The van der Waals surface area contributed by atoms with Crippen molar-refractivity contribution in [1.29, 1.82) is 0 Å². The van der Waals surface area contributed by atoms with Gasteiger partial charge >= 0.3 is 5.51 Å². The van der Waals surface area contributed by atoms with Crippen molar-refractivity contribution in [3.05, 3.63) is 131 Å². The summed E-state index contributed by atoms with van der Waals surface area (Å²) in [6.07, 6.45) is 7.41. The van der Waals surface area contributed by atoms with Crippen molar-refractivity contribution >= 4 is 72.0 Å². The number of carbonyl (C=O) groups excluding carboxylic acids is 2. The average molecular weight is 1150 g/mol. The fourth-order valence-corrected chi connectivity index (χ4v) is 14.1. The maximum Gasteiger partial charge on any atom is 0.501 e. The van der Waals surface area contributed by atoms with Crippen LogP contribution in [0.4, 0.5) is 24.5 Å². The van der Waals surface area contributed by atoms with E-state index >= 15 is 0 Å². The molecule has 1 aliphatic carbocycles. The lowest BCUT2D eigenvalue weighted by molar-refractivity contribution is -0.133. The van der Waals surface area contributed by atoms with Gasteiger partial charge in [-0.15, -0.1) is 11.8 Å². The molecule has 0 radical (unpaired) electrons. The molecule has 22 heteroatoms. The van der Waals surface area contributed by atoms with Gasteiger partial charge in [-0.05, 0) is 133 Å². The van der Waals surface area contributed by atoms with Gasteiger partial charge in [0, 0.05) is 110 Å². The Labute approximate surface area is 463 Å². The number of sulfonamides is 1. The summed E-state index contributed by atoms with van der Waals surface area (Å²) in [5, 5.41) is 7.46. The fourth-order valence-electron chi connectivity index (χ4n) is 11.0. The molecule has 9 rings (SSSR count). The summed E-state index contributed by atoms with van der Waals surface area (Å²) in [5.41, 5.74) is -1.16. The monoisotopic (exact) mass is 1150 g/mol. The molecule has 78 heavy (non-hydrogen) atoms. The molecule has 0 saturated carbocycles. The first-order valence-corrected chi connectivity index (χ1v) is 30.6. The van der Waals surface area contributed by atoms with E-state index in [1.807, 2.05) is 52.1 Å². The number of piperazine rings is 2. The Morgan fingerprint density at radius 1 is 0.910 bits per heavy atom. The van der Waals surface area contributed by atoms with Crippen LogP contribution in [0.3, 0.4) is 0 Å². The van der Waals surface area contributed by atoms with Crippen molar-refractivity contribution < 1.29 is 48.9 Å². The van der Waals surface area contributed by atoms with Gasteiger partial charge in [-0.25, -0.2) is 21.6 Å². The number of benzene rings is 4. The lowest BCUT2D eigenvalue weighted by Gasteiger charge is -2.39. The lowest BCUT2D eigenvalue weighted by Crippen LogP contribution is -2.49. The standard InChI is InChI=1S/C56H65ClF3N7O8S3/c1-55(2)24-21-49(39-11-15-42(57)16-12-39)41(34-55)35-64-26-28-65(29-27-64)44-17-13-40(14-18-44)54(69)63-78(72,73)48-19-20-50(51(33-48)77(70,71)56(58,59)60)61-43(38-76-47-8-4-3-5-9-47)22-25-66-36-46-32-45(66)37-67(46)53(68)10-6-7-30-74-52-23-31-75-62-52/h3-5,8-9,11-20,23,31,33,43,45-46,61H,6-7,10,21-22,24-30,32,34-38H2,1-2H3,(H,63,69)/t43-,45-,46-/m1/s1. The number of rotatable bonds is 22. The molecule has 1 aromatic heterocycles. The first kappa shape index (κ1) is 57.1. The van der Waals surface area contributed by atoms with Crippen LogP contribution < -0.4 is 19.7 Å². The van der Waals surface area contributed by atoms with Crippen LogP contribution in [0.2, 0.25) is 5.02 Å². The molecule has 4 aromatic carbocycles. The van der Waals surface area contributed by atoms with Crippen molar-refractivity contribution in [2.45, 2.75) is 104 Å². The highest BCUT2D eigenvalue weighted by Gasteiger charge is 2.49. The third-order valence-electron chi connectivity index (χ3n) is 15.2. The Balaban J connectivity index is 0.827. The van der Waals surface area contributed by atoms with E-state index in [1.54, 1.807) is 18.2 Å². The minimum atomic E-state index is -6.12. The number of ether oxygens (including phenoxy) is 1. The van der Waals surface area contributed by atoms with Crippen LogP contribution in [0.1, 0.15) is 81.1 Å². The first-order chi connectivity index (χ1) is 37.2. The van der Waals surface area contributed by atoms with Crippen LogP contribution in [-0.2, 0) is 24.7 Å². The zero-order chi connectivity index (χ0) is 55.2. The van der Waals surface area contributed by atoms with E-state index in [1.165, 1.54) is 46.9 Å². The maximum absolute atomic E-state index is 14.4. The Morgan fingerprint density at radius 2 is 1.65 bits per heavy atom. The number of allylic oxidation sites excluding steroid dienone is 1. The highest BCUT2D eigenvalue weighted by Crippen LogP contribution is 2.43. The van der Waals surface area contributed by atoms with E-state index in [0.29, 0.717) is 74.6 Å². The van der Waals surface area contributed by atoms with E-state index in [-0.39, 0.29) is 29.0 Å². The molecule has 2 N–H and O–H groups in total. The summed E-state index contributed by atoms with van der Waals surface area (Å²) in [7, 11) is -11.0. The molecule has 4 heterocycles. The number of nitrogens with zero attached hydrogens (tertiary/aromatic N) is 5. The summed E-state index contributed by atoms with van der Waals surface area (Å²) >= 11 is 7.64. The number of halogens is 4. The second-order valence-electron chi connectivity index (χ2n) is 21.3. The third kappa shape index (κ3) is 14.0. The summed E-state index contributed by atoms with van der Waals surface area (Å²) < 4.78 is 110. The number of anilines is 2. The number of hydrogen-bond donors (Lipinski definition) is 2. The number of carbonyl (C=O) groups is 2. The van der Waals surface area contributed by atoms with E-state index in [4.69, 9.17) is 20.9 Å². The minimum Gasteiger partial charge on any atom is -0.476 e. The maximum atomic E-state index is 14.4. The van der Waals surface area contributed by atoms with Crippen molar-refractivity contribution in [3.63, 3.8) is 0 Å². The Kier molecular flexibility index (Phi) is 17.9. The smallest absolute Gasteiger partial charge is 0.476 e. The molecule has 418 valence electrons. The van der Waals surface area contributed by atoms with Gasteiger partial charge in [0.2, 0.25) is 5.91 Å². The molecular weight excluding hydrogens is 1090 g/mol. The van der Waals surface area contributed by atoms with Crippen molar-refractivity contribution in [2.75, 3.05) is 74.9 Å². The zero-order valence-corrected chi connectivity index (χ0v) is 46.8. The summed E-state index contributed by atoms with van der Waals surface area (Å²) in [4.78, 5) is 34.3. The number of thioether (sulfide) groups is 1. The fraction of sp³-hybridized carbons (Fsp3) is 0.446. The second-order valence-corrected chi connectivity index (χ2v) is 26.4. The Bertz CT molecular complexity index is 3140. The topological polar surface area (TPSA) is 175 Å². The van der Waals surface area contributed by atoms with Gasteiger partial charge in [-0.2, -0.15) is 13.2 Å². The van der Waals surface area contributed by atoms with Gasteiger partial charge in [0.15, 0.2) is 0 Å². The second kappa shape index (κ2) is 24.4. The first-order valence-electron chi connectivity index (χ1n) is 26.3. The molecule has 4 aliphatic rings. The zero-order valence-electron chi connectivity index (χ0n) is 43.6. The molecule has 3 fully saturated rings. The largest absolute Gasteiger partial charge is 0.501 e. The summed E-state index contributed by atoms with van der Waals surface area (Å²) in [5.74, 6) is -0.264. The van der Waals surface area contributed by atoms with E-state index in [2.05, 4.69) is 51.2 Å². The van der Waals surface area contributed by atoms with Crippen LogP contribution in [0.15, 0.2) is 134 Å². The lowest BCUT2D eigenvalue weighted by atomic mass is 9.73. The van der Waals surface area contributed by atoms with Crippen LogP contribution in [0.5, 0.6) is 5.88 Å². The molecule has 15 nitrogen and oxygen atoms in total. The number of nitrogens with one attached hydrogen (secondary N) is 2. The van der Waals surface area contributed by atoms with Crippen molar-refractivity contribution in [3.8, 4) is 5.88 Å². The minimum absolute atomic E-state index is 0.0167. The molecule has 5 aromatic rings. The van der Waals surface area contributed by atoms with Crippen molar-refractivity contribution in [2.24, 2.45) is 5.41 Å². The molecule has 0 spiro atoms. The number of hydrogen-bond acceptors (Lipinski definition) is 14. The number of fused-ring (bicyclic) bond motifs is 2. The van der Waals surface area contributed by atoms with Crippen LogP contribution in [0, 0.1) is 5.41 Å². The summed E-state index contributed by atoms with van der Waals surface area (Å²) in [6.45, 7) is 10.6. The van der Waals surface area contributed by atoms with Gasteiger partial charge in [0.1, 0.15) is 11.2 Å². The van der Waals surface area contributed by atoms with E-state index < -0.39 is 52.8 Å². The molecule has 2 bridgehead atoms. The highest BCUT2D eigenvalue weighted by molar-refractivity contribution is 7.99. The van der Waals surface area contributed by atoms with Gasteiger partial charge < -0.3 is 24.4 Å². The third-order valence-corrected chi connectivity index (χ3v) is 19.5. The van der Waals surface area contributed by atoms with Crippen LogP contribution in [0.25, 0.3) is 5.57 Å². The number of sulfone groups is 1. The number of unbranched alkanes of at least 4 members (excludes halogenated alkanes) is 1.